The zero-order valence-corrected chi connectivity index (χ0v) is 10.1. The summed E-state index contributed by atoms with van der Waals surface area (Å²) >= 11 is 4.55. The second-order valence-corrected chi connectivity index (χ2v) is 3.97. The first kappa shape index (κ1) is 11.8. The maximum atomic E-state index is 11.3. The van der Waals surface area contributed by atoms with Gasteiger partial charge in [-0.25, -0.2) is 0 Å². The molecule has 0 saturated carbocycles. The monoisotopic (exact) mass is 247 g/mol. The van der Waals surface area contributed by atoms with E-state index in [1.54, 1.807) is 6.08 Å². The van der Waals surface area contributed by atoms with Crippen molar-refractivity contribution < 1.29 is 9.53 Å². The smallest absolute Gasteiger partial charge is 0.248 e. The second kappa shape index (κ2) is 5.59. The first-order chi connectivity index (χ1) is 8.31. The van der Waals surface area contributed by atoms with Gasteiger partial charge in [0.05, 0.1) is 12.1 Å². The summed E-state index contributed by atoms with van der Waals surface area (Å²) in [4.78, 5) is 11.3. The summed E-state index contributed by atoms with van der Waals surface area (Å²) in [6.07, 6.45) is 5.28. The lowest BCUT2D eigenvalue weighted by atomic mass is 9.99. The van der Waals surface area contributed by atoms with Crippen LogP contribution in [0.1, 0.15) is 17.5 Å². The Morgan fingerprint density at radius 3 is 3.18 bits per heavy atom. The molecule has 1 aromatic carbocycles. The molecular formula is C13H13NO2S. The number of fused-ring (bicyclic) bond motifs is 1. The van der Waals surface area contributed by atoms with E-state index in [2.05, 4.69) is 17.5 Å². The van der Waals surface area contributed by atoms with Crippen molar-refractivity contribution in [2.24, 2.45) is 0 Å². The standard InChI is InChI=1S/C13H13NO2S/c15-13(14-9-17)7-6-10-3-1-5-12-11(10)4-2-8-16-12/h1,3,5-7,9H,2,4,8H2,(H,14,15,17). The van der Waals surface area contributed by atoms with Gasteiger partial charge >= 0.3 is 0 Å². The van der Waals surface area contributed by atoms with Crippen molar-refractivity contribution in [3.8, 4) is 5.75 Å². The van der Waals surface area contributed by atoms with E-state index in [0.29, 0.717) is 0 Å². The van der Waals surface area contributed by atoms with Crippen LogP contribution in [0, 0.1) is 0 Å². The van der Waals surface area contributed by atoms with E-state index < -0.39 is 0 Å². The zero-order chi connectivity index (χ0) is 12.1. The molecule has 2 rings (SSSR count). The Labute approximate surface area is 105 Å². The molecule has 0 atom stereocenters. The van der Waals surface area contributed by atoms with Crippen molar-refractivity contribution in [2.45, 2.75) is 12.8 Å². The summed E-state index contributed by atoms with van der Waals surface area (Å²) in [6.45, 7) is 0.769. The fraction of sp³-hybridized carbons (Fsp3) is 0.231. The Balaban J connectivity index is 2.21. The summed E-state index contributed by atoms with van der Waals surface area (Å²) < 4.78 is 5.56. The van der Waals surface area contributed by atoms with Gasteiger partial charge in [-0.3, -0.25) is 4.79 Å². The topological polar surface area (TPSA) is 38.3 Å². The van der Waals surface area contributed by atoms with E-state index in [1.165, 1.54) is 17.1 Å². The molecule has 4 heteroatoms. The van der Waals surface area contributed by atoms with Crippen molar-refractivity contribution >= 4 is 29.7 Å². The minimum atomic E-state index is -0.214. The molecule has 17 heavy (non-hydrogen) atoms. The van der Waals surface area contributed by atoms with Gasteiger partial charge in [-0.15, -0.1) is 0 Å². The number of rotatable bonds is 3. The molecule has 1 aliphatic heterocycles. The second-order valence-electron chi connectivity index (χ2n) is 3.74. The molecule has 0 unspecified atom stereocenters. The van der Waals surface area contributed by atoms with Crippen LogP contribution in [0.15, 0.2) is 24.3 Å². The number of amides is 1. The first-order valence-corrected chi connectivity index (χ1v) is 5.95. The van der Waals surface area contributed by atoms with Crippen LogP contribution in [0.2, 0.25) is 0 Å². The molecule has 1 N–H and O–H groups in total. The van der Waals surface area contributed by atoms with Crippen molar-refractivity contribution in [1.29, 1.82) is 0 Å². The van der Waals surface area contributed by atoms with Gasteiger partial charge in [0.25, 0.3) is 0 Å². The number of nitrogens with one attached hydrogen (secondary N) is 1. The highest BCUT2D eigenvalue weighted by Crippen LogP contribution is 2.28. The lowest BCUT2D eigenvalue weighted by molar-refractivity contribution is -0.115. The van der Waals surface area contributed by atoms with E-state index in [0.717, 1.165) is 30.8 Å². The van der Waals surface area contributed by atoms with Crippen molar-refractivity contribution in [2.75, 3.05) is 6.61 Å². The van der Waals surface area contributed by atoms with Gasteiger partial charge < -0.3 is 10.1 Å². The van der Waals surface area contributed by atoms with Crippen molar-refractivity contribution in [1.82, 2.24) is 5.32 Å². The predicted molar refractivity (Wildman–Crippen MR) is 71.1 cm³/mol. The van der Waals surface area contributed by atoms with Crippen LogP contribution in [0.5, 0.6) is 5.75 Å². The van der Waals surface area contributed by atoms with Gasteiger partial charge in [0.2, 0.25) is 5.91 Å². The van der Waals surface area contributed by atoms with Crippen LogP contribution in [-0.4, -0.2) is 18.0 Å². The van der Waals surface area contributed by atoms with E-state index in [9.17, 15) is 4.79 Å². The fourth-order valence-corrected chi connectivity index (χ4v) is 1.96. The summed E-state index contributed by atoms with van der Waals surface area (Å²) in [5.41, 5.74) is 3.41. The fourth-order valence-electron chi connectivity index (χ4n) is 1.84. The molecule has 0 aliphatic carbocycles. The summed E-state index contributed by atoms with van der Waals surface area (Å²) in [5.74, 6) is 0.711. The number of ether oxygens (including phenoxy) is 1. The van der Waals surface area contributed by atoms with E-state index >= 15 is 0 Å². The number of hydrogen-bond acceptors (Lipinski definition) is 3. The molecule has 1 amide bonds. The quantitative estimate of drug-likeness (QED) is 0.656. The minimum Gasteiger partial charge on any atom is -0.493 e. The molecule has 0 saturated heterocycles. The summed E-state index contributed by atoms with van der Waals surface area (Å²) in [7, 11) is 0. The highest BCUT2D eigenvalue weighted by molar-refractivity contribution is 7.78. The first-order valence-electron chi connectivity index (χ1n) is 5.48. The molecule has 1 aromatic rings. The van der Waals surface area contributed by atoms with E-state index in [4.69, 9.17) is 4.74 Å². The summed E-state index contributed by atoms with van der Waals surface area (Å²) in [5, 5.41) is 2.43. The third kappa shape index (κ3) is 2.91. The molecule has 1 heterocycles. The molecule has 88 valence electrons. The molecule has 0 spiro atoms. The van der Waals surface area contributed by atoms with Gasteiger partial charge in [-0.1, -0.05) is 24.4 Å². The van der Waals surface area contributed by atoms with Crippen LogP contribution in [-0.2, 0) is 11.2 Å². The highest BCUT2D eigenvalue weighted by Gasteiger charge is 2.12. The van der Waals surface area contributed by atoms with E-state index in [1.807, 2.05) is 18.2 Å². The summed E-state index contributed by atoms with van der Waals surface area (Å²) in [6, 6.07) is 5.87. The molecule has 0 radical (unpaired) electrons. The molecular weight excluding hydrogens is 234 g/mol. The molecule has 3 nitrogen and oxygen atoms in total. The van der Waals surface area contributed by atoms with Crippen molar-refractivity contribution in [3.63, 3.8) is 0 Å². The largest absolute Gasteiger partial charge is 0.493 e. The number of hydrogen-bond donors (Lipinski definition) is 1. The Morgan fingerprint density at radius 1 is 1.47 bits per heavy atom. The Hall–Kier alpha value is -1.68. The zero-order valence-electron chi connectivity index (χ0n) is 9.31. The average Bonchev–Trinajstić information content (AvgIpc) is 2.36. The van der Waals surface area contributed by atoms with Crippen molar-refractivity contribution in [3.05, 3.63) is 35.4 Å². The lowest BCUT2D eigenvalue weighted by Gasteiger charge is -2.18. The van der Waals surface area contributed by atoms with E-state index in [-0.39, 0.29) is 5.91 Å². The average molecular weight is 247 g/mol. The maximum Gasteiger partial charge on any atom is 0.248 e. The number of carbonyl (C=O) groups is 1. The number of benzene rings is 1. The van der Waals surface area contributed by atoms with Crippen LogP contribution in [0.4, 0.5) is 0 Å². The minimum absolute atomic E-state index is 0.214. The van der Waals surface area contributed by atoms with Crippen LogP contribution in [0.25, 0.3) is 6.08 Å². The molecule has 1 aliphatic rings. The van der Waals surface area contributed by atoms with Gasteiger partial charge in [0, 0.05) is 11.6 Å². The third-order valence-corrected chi connectivity index (χ3v) is 2.73. The molecule has 0 fully saturated rings. The normalized spacial score (nSPS) is 13.9. The molecule has 0 bridgehead atoms. The Kier molecular flexibility index (Phi) is 3.88. The van der Waals surface area contributed by atoms with Gasteiger partial charge in [0.15, 0.2) is 0 Å². The maximum absolute atomic E-state index is 11.3. The SMILES string of the molecule is O=C(C=Cc1cccc2c1CCCO2)NC=S. The van der Waals surface area contributed by atoms with Gasteiger partial charge in [-0.05, 0) is 30.5 Å². The van der Waals surface area contributed by atoms with Crippen LogP contribution in [0.3, 0.4) is 0 Å². The Bertz CT molecular complexity index is 468. The highest BCUT2D eigenvalue weighted by atomic mass is 32.1. The molecule has 0 aromatic heterocycles. The van der Waals surface area contributed by atoms with Gasteiger partial charge in [-0.2, -0.15) is 0 Å². The van der Waals surface area contributed by atoms with Crippen LogP contribution >= 0.6 is 12.2 Å². The van der Waals surface area contributed by atoms with Gasteiger partial charge in [0.1, 0.15) is 5.75 Å². The number of carbonyl (C=O) groups excluding carboxylic acids is 1. The third-order valence-electron chi connectivity index (χ3n) is 2.61. The predicted octanol–water partition coefficient (Wildman–Crippen LogP) is 2.10. The number of thiocarbonyl (C=S) groups is 1. The Morgan fingerprint density at radius 2 is 2.35 bits per heavy atom. The van der Waals surface area contributed by atoms with Crippen LogP contribution < -0.4 is 10.1 Å². The lowest BCUT2D eigenvalue weighted by Crippen LogP contribution is -2.17.